The van der Waals surface area contributed by atoms with E-state index >= 15 is 0 Å². The predicted molar refractivity (Wildman–Crippen MR) is 53.1 cm³/mol. The number of carbonyl (C=O) groups is 3. The molecule has 0 saturated heterocycles. The summed E-state index contributed by atoms with van der Waals surface area (Å²) in [6.07, 6.45) is 0.917. The molecule has 7 heteroatoms. The molecule has 0 aliphatic carbocycles. The van der Waals surface area contributed by atoms with E-state index in [1.165, 1.54) is 0 Å². The Labute approximate surface area is 88.9 Å². The number of hydrogen-bond donors (Lipinski definition) is 2. The second-order valence-electron chi connectivity index (χ2n) is 2.54. The van der Waals surface area contributed by atoms with Crippen LogP contribution in [0.2, 0.25) is 0 Å². The van der Waals surface area contributed by atoms with E-state index < -0.39 is 11.8 Å². The van der Waals surface area contributed by atoms with Gasteiger partial charge in [-0.15, -0.1) is 11.3 Å². The first-order valence-corrected chi connectivity index (χ1v) is 4.89. The molecule has 1 heterocycles. The maximum Gasteiger partial charge on any atom is 0.378 e. The number of aliphatic carboxylic acids is 1. The molecule has 0 aliphatic heterocycles. The zero-order valence-electron chi connectivity index (χ0n) is 7.81. The maximum atomic E-state index is 11.2. The smallest absolute Gasteiger partial charge is 0.378 e. The van der Waals surface area contributed by atoms with E-state index in [1.54, 1.807) is 6.92 Å². The maximum absolute atomic E-state index is 11.2. The van der Waals surface area contributed by atoms with Gasteiger partial charge in [0.1, 0.15) is 5.69 Å². The molecular weight excluding hydrogens is 220 g/mol. The van der Waals surface area contributed by atoms with Crippen LogP contribution in [0.15, 0.2) is 0 Å². The number of anilines is 1. The summed E-state index contributed by atoms with van der Waals surface area (Å²) in [4.78, 5) is 36.1. The van der Waals surface area contributed by atoms with E-state index in [0.29, 0.717) is 17.7 Å². The SMILES string of the molecule is CCc1sc(NC=O)nc1C(=O)C(=O)O. The largest absolute Gasteiger partial charge is 0.475 e. The summed E-state index contributed by atoms with van der Waals surface area (Å²) in [6.45, 7) is 1.77. The van der Waals surface area contributed by atoms with Crippen molar-refractivity contribution >= 4 is 34.6 Å². The number of carbonyl (C=O) groups excluding carboxylic acids is 2. The fourth-order valence-electron chi connectivity index (χ4n) is 0.982. The lowest BCUT2D eigenvalue weighted by Gasteiger charge is -1.92. The zero-order chi connectivity index (χ0) is 11.4. The molecule has 0 bridgehead atoms. The van der Waals surface area contributed by atoms with Gasteiger partial charge < -0.3 is 10.4 Å². The van der Waals surface area contributed by atoms with Crippen LogP contribution in [-0.4, -0.2) is 28.3 Å². The Morgan fingerprint density at radius 2 is 2.27 bits per heavy atom. The topological polar surface area (TPSA) is 96.4 Å². The van der Waals surface area contributed by atoms with Crippen molar-refractivity contribution in [2.45, 2.75) is 13.3 Å². The molecule has 15 heavy (non-hydrogen) atoms. The van der Waals surface area contributed by atoms with Crippen LogP contribution < -0.4 is 5.32 Å². The van der Waals surface area contributed by atoms with Gasteiger partial charge in [-0.3, -0.25) is 9.59 Å². The highest BCUT2D eigenvalue weighted by atomic mass is 32.1. The molecule has 0 atom stereocenters. The van der Waals surface area contributed by atoms with Gasteiger partial charge in [-0.1, -0.05) is 6.92 Å². The van der Waals surface area contributed by atoms with Crippen LogP contribution in [0, 0.1) is 0 Å². The fourth-order valence-corrected chi connectivity index (χ4v) is 1.84. The van der Waals surface area contributed by atoms with Crippen molar-refractivity contribution < 1.29 is 19.5 Å². The highest BCUT2D eigenvalue weighted by molar-refractivity contribution is 7.16. The number of carboxylic acid groups (broad SMARTS) is 1. The number of amides is 1. The van der Waals surface area contributed by atoms with Gasteiger partial charge in [0.15, 0.2) is 5.13 Å². The molecule has 0 aromatic carbocycles. The highest BCUT2D eigenvalue weighted by Gasteiger charge is 2.22. The molecule has 1 aromatic rings. The Hall–Kier alpha value is -1.76. The summed E-state index contributed by atoms with van der Waals surface area (Å²) >= 11 is 1.09. The Kier molecular flexibility index (Phi) is 3.51. The van der Waals surface area contributed by atoms with E-state index in [1.807, 2.05) is 0 Å². The minimum atomic E-state index is -1.55. The van der Waals surface area contributed by atoms with E-state index in [-0.39, 0.29) is 10.8 Å². The molecule has 0 spiro atoms. The number of Topliss-reactive ketones (excluding diaryl/α,β-unsaturated/α-hetero) is 1. The van der Waals surface area contributed by atoms with E-state index in [0.717, 1.165) is 11.3 Å². The average molecular weight is 228 g/mol. The number of thiazole rings is 1. The third kappa shape index (κ3) is 2.38. The molecule has 2 N–H and O–H groups in total. The van der Waals surface area contributed by atoms with Crippen LogP contribution >= 0.6 is 11.3 Å². The lowest BCUT2D eigenvalue weighted by atomic mass is 10.2. The Morgan fingerprint density at radius 3 is 2.73 bits per heavy atom. The molecule has 80 valence electrons. The van der Waals surface area contributed by atoms with Gasteiger partial charge in [-0.05, 0) is 6.42 Å². The van der Waals surface area contributed by atoms with Crippen LogP contribution in [-0.2, 0) is 16.0 Å². The summed E-state index contributed by atoms with van der Waals surface area (Å²) in [6, 6.07) is 0. The number of carboxylic acids is 1. The van der Waals surface area contributed by atoms with Gasteiger partial charge in [0, 0.05) is 4.88 Å². The first kappa shape index (κ1) is 11.3. The zero-order valence-corrected chi connectivity index (χ0v) is 8.63. The lowest BCUT2D eigenvalue weighted by Crippen LogP contribution is -2.14. The predicted octanol–water partition coefficient (Wildman–Crippen LogP) is 0.541. The fraction of sp³-hybridized carbons (Fsp3) is 0.250. The minimum Gasteiger partial charge on any atom is -0.475 e. The number of rotatable bonds is 5. The Balaban J connectivity index is 3.10. The van der Waals surface area contributed by atoms with Crippen molar-refractivity contribution in [2.24, 2.45) is 0 Å². The molecular formula is C8H8N2O4S. The molecule has 1 amide bonds. The lowest BCUT2D eigenvalue weighted by molar-refractivity contribution is -0.131. The normalized spacial score (nSPS) is 9.67. The summed E-state index contributed by atoms with van der Waals surface area (Å²) in [5.41, 5.74) is -0.0978. The summed E-state index contributed by atoms with van der Waals surface area (Å²) in [7, 11) is 0. The van der Waals surface area contributed by atoms with Crippen molar-refractivity contribution in [1.29, 1.82) is 0 Å². The molecule has 0 unspecified atom stereocenters. The number of aromatic nitrogens is 1. The second-order valence-corrected chi connectivity index (χ2v) is 3.62. The number of nitrogens with one attached hydrogen (secondary N) is 1. The molecule has 1 aromatic heterocycles. The Morgan fingerprint density at radius 1 is 1.60 bits per heavy atom. The Bertz CT molecular complexity index is 413. The number of hydrogen-bond acceptors (Lipinski definition) is 5. The highest BCUT2D eigenvalue weighted by Crippen LogP contribution is 2.23. The molecule has 6 nitrogen and oxygen atoms in total. The van der Waals surface area contributed by atoms with Gasteiger partial charge in [-0.2, -0.15) is 0 Å². The van der Waals surface area contributed by atoms with Gasteiger partial charge in [-0.25, -0.2) is 9.78 Å². The van der Waals surface area contributed by atoms with Crippen molar-refractivity contribution in [3.8, 4) is 0 Å². The van der Waals surface area contributed by atoms with Crippen LogP contribution in [0.25, 0.3) is 0 Å². The van der Waals surface area contributed by atoms with Crippen molar-refractivity contribution in [3.63, 3.8) is 0 Å². The van der Waals surface area contributed by atoms with E-state index in [4.69, 9.17) is 5.11 Å². The number of aryl methyl sites for hydroxylation is 1. The summed E-state index contributed by atoms with van der Waals surface area (Å²) in [5.74, 6) is -2.60. The van der Waals surface area contributed by atoms with Crippen LogP contribution in [0.1, 0.15) is 22.3 Å². The first-order valence-electron chi connectivity index (χ1n) is 4.07. The third-order valence-corrected chi connectivity index (χ3v) is 2.74. The van der Waals surface area contributed by atoms with Crippen molar-refractivity contribution in [3.05, 3.63) is 10.6 Å². The molecule has 0 aliphatic rings. The molecule has 1 rings (SSSR count). The van der Waals surface area contributed by atoms with Crippen LogP contribution in [0.4, 0.5) is 5.13 Å². The molecule has 0 fully saturated rings. The summed E-state index contributed by atoms with van der Waals surface area (Å²) < 4.78 is 0. The number of ketones is 1. The molecule has 0 radical (unpaired) electrons. The average Bonchev–Trinajstić information content (AvgIpc) is 2.60. The standard InChI is InChI=1S/C8H8N2O4S/c1-2-4-5(6(12)7(13)14)10-8(15-4)9-3-11/h3H,2H2,1H3,(H,13,14)(H,9,10,11). The van der Waals surface area contributed by atoms with Gasteiger partial charge in [0.05, 0.1) is 0 Å². The van der Waals surface area contributed by atoms with E-state index in [2.05, 4.69) is 10.3 Å². The van der Waals surface area contributed by atoms with Crippen LogP contribution in [0.3, 0.4) is 0 Å². The molecule has 0 saturated carbocycles. The third-order valence-electron chi connectivity index (χ3n) is 1.61. The van der Waals surface area contributed by atoms with Crippen LogP contribution in [0.5, 0.6) is 0 Å². The first-order chi connectivity index (χ1) is 7.10. The second kappa shape index (κ2) is 4.65. The van der Waals surface area contributed by atoms with Gasteiger partial charge in [0.2, 0.25) is 6.41 Å². The van der Waals surface area contributed by atoms with Gasteiger partial charge >= 0.3 is 5.97 Å². The number of nitrogens with zero attached hydrogens (tertiary/aromatic N) is 1. The summed E-state index contributed by atoms with van der Waals surface area (Å²) in [5, 5.41) is 11.0. The van der Waals surface area contributed by atoms with E-state index in [9.17, 15) is 14.4 Å². The monoisotopic (exact) mass is 228 g/mol. The van der Waals surface area contributed by atoms with Crippen molar-refractivity contribution in [1.82, 2.24) is 4.98 Å². The quantitative estimate of drug-likeness (QED) is 0.435. The minimum absolute atomic E-state index is 0.0978. The van der Waals surface area contributed by atoms with Gasteiger partial charge in [0.25, 0.3) is 5.78 Å². The van der Waals surface area contributed by atoms with Crippen molar-refractivity contribution in [2.75, 3.05) is 5.32 Å².